The third-order valence-electron chi connectivity index (χ3n) is 4.81. The maximum absolute atomic E-state index is 13.1. The van der Waals surface area contributed by atoms with Gasteiger partial charge >= 0.3 is 0 Å². The van der Waals surface area contributed by atoms with E-state index in [0.29, 0.717) is 35.7 Å². The smallest absolute Gasteiger partial charge is 0.254 e. The van der Waals surface area contributed by atoms with Gasteiger partial charge in [-0.2, -0.15) is 0 Å². The monoisotopic (exact) mass is 354 g/mol. The zero-order chi connectivity index (χ0) is 18.5. The van der Waals surface area contributed by atoms with Crippen LogP contribution in [0.3, 0.4) is 0 Å². The van der Waals surface area contributed by atoms with Crippen LogP contribution in [-0.2, 0) is 0 Å². The first-order valence-corrected chi connectivity index (χ1v) is 8.93. The number of hydrogen-bond acceptors (Lipinski definition) is 3. The Kier molecular flexibility index (Phi) is 5.78. The first kappa shape index (κ1) is 18.3. The van der Waals surface area contributed by atoms with Crippen molar-refractivity contribution in [2.45, 2.75) is 12.8 Å². The predicted molar refractivity (Wildman–Crippen MR) is 98.8 cm³/mol. The number of nitrogens with zero attached hydrogens (tertiary/aromatic N) is 1. The van der Waals surface area contributed by atoms with Crippen molar-refractivity contribution in [1.29, 1.82) is 0 Å². The van der Waals surface area contributed by atoms with Crippen molar-refractivity contribution in [2.75, 3.05) is 26.7 Å². The number of carbonyl (C=O) groups excluding carboxylic acids is 2. The van der Waals surface area contributed by atoms with Gasteiger partial charge in [-0.15, -0.1) is 0 Å². The first-order valence-electron chi connectivity index (χ1n) is 8.93. The number of piperidine rings is 1. The SMILES string of the molecule is CNCC1CCCN(C(=O)c2ccccc2C(=O)c2ccc(F)cc2)C1. The summed E-state index contributed by atoms with van der Waals surface area (Å²) in [6.45, 7) is 2.27. The molecule has 1 saturated heterocycles. The second-order valence-corrected chi connectivity index (χ2v) is 6.70. The van der Waals surface area contributed by atoms with Crippen LogP contribution in [0, 0.1) is 11.7 Å². The summed E-state index contributed by atoms with van der Waals surface area (Å²) >= 11 is 0. The predicted octanol–water partition coefficient (Wildman–Crippen LogP) is 3.13. The Hall–Kier alpha value is -2.53. The summed E-state index contributed by atoms with van der Waals surface area (Å²) in [6.07, 6.45) is 2.06. The molecule has 2 aromatic carbocycles. The van der Waals surface area contributed by atoms with Crippen molar-refractivity contribution in [3.05, 3.63) is 71.0 Å². The molecule has 136 valence electrons. The van der Waals surface area contributed by atoms with Gasteiger partial charge in [0.1, 0.15) is 5.82 Å². The summed E-state index contributed by atoms with van der Waals surface area (Å²) in [5.74, 6) is -0.345. The maximum Gasteiger partial charge on any atom is 0.254 e. The van der Waals surface area contributed by atoms with Crippen molar-refractivity contribution in [2.24, 2.45) is 5.92 Å². The molecule has 1 aliphatic rings. The second-order valence-electron chi connectivity index (χ2n) is 6.70. The lowest BCUT2D eigenvalue weighted by molar-refractivity contribution is 0.0671. The molecule has 0 aromatic heterocycles. The van der Waals surface area contributed by atoms with Crippen molar-refractivity contribution < 1.29 is 14.0 Å². The average Bonchev–Trinajstić information content (AvgIpc) is 2.68. The van der Waals surface area contributed by atoms with E-state index in [1.54, 1.807) is 24.3 Å². The number of ketones is 1. The minimum atomic E-state index is -0.394. The van der Waals surface area contributed by atoms with E-state index < -0.39 is 5.82 Å². The number of likely N-dealkylation sites (tertiary alicyclic amines) is 1. The topological polar surface area (TPSA) is 49.4 Å². The Morgan fingerprint density at radius 1 is 1.12 bits per heavy atom. The van der Waals surface area contributed by atoms with E-state index in [2.05, 4.69) is 5.32 Å². The van der Waals surface area contributed by atoms with Crippen molar-refractivity contribution in [3.63, 3.8) is 0 Å². The Balaban J connectivity index is 1.85. The number of halogens is 1. The lowest BCUT2D eigenvalue weighted by Gasteiger charge is -2.33. The maximum atomic E-state index is 13.1. The van der Waals surface area contributed by atoms with Gasteiger partial charge in [0.25, 0.3) is 5.91 Å². The van der Waals surface area contributed by atoms with Crippen LogP contribution in [-0.4, -0.2) is 43.3 Å². The molecule has 26 heavy (non-hydrogen) atoms. The van der Waals surface area contributed by atoms with Crippen molar-refractivity contribution in [1.82, 2.24) is 10.2 Å². The number of amides is 1. The molecule has 0 spiro atoms. The number of hydrogen-bond donors (Lipinski definition) is 1. The summed E-state index contributed by atoms with van der Waals surface area (Å²) < 4.78 is 13.1. The Labute approximate surface area is 153 Å². The number of rotatable bonds is 5. The normalized spacial score (nSPS) is 17.2. The molecule has 1 fully saturated rings. The molecule has 1 atom stereocenters. The van der Waals surface area contributed by atoms with Gasteiger partial charge in [0.05, 0.1) is 5.56 Å². The summed E-state index contributed by atoms with van der Waals surface area (Å²) in [5, 5.41) is 3.17. The molecule has 0 saturated carbocycles. The summed E-state index contributed by atoms with van der Waals surface area (Å²) in [4.78, 5) is 27.7. The van der Waals surface area contributed by atoms with Gasteiger partial charge in [0, 0.05) is 24.2 Å². The molecule has 0 bridgehead atoms. The van der Waals surface area contributed by atoms with Gasteiger partial charge in [-0.05, 0) is 62.7 Å². The quantitative estimate of drug-likeness (QED) is 0.840. The summed E-state index contributed by atoms with van der Waals surface area (Å²) in [7, 11) is 1.91. The van der Waals surface area contributed by atoms with Gasteiger partial charge < -0.3 is 10.2 Å². The van der Waals surface area contributed by atoms with Crippen LogP contribution in [0.1, 0.15) is 39.1 Å². The molecular formula is C21H23FN2O2. The van der Waals surface area contributed by atoms with E-state index in [9.17, 15) is 14.0 Å². The molecule has 0 aliphatic carbocycles. The highest BCUT2D eigenvalue weighted by atomic mass is 19.1. The van der Waals surface area contributed by atoms with Crippen LogP contribution in [0.5, 0.6) is 0 Å². The van der Waals surface area contributed by atoms with Crippen LogP contribution in [0.25, 0.3) is 0 Å². The summed E-state index contributed by atoms with van der Waals surface area (Å²) in [6, 6.07) is 12.3. The fourth-order valence-corrected chi connectivity index (χ4v) is 3.50. The fraction of sp³-hybridized carbons (Fsp3) is 0.333. The van der Waals surface area contributed by atoms with Gasteiger partial charge in [-0.25, -0.2) is 4.39 Å². The fourth-order valence-electron chi connectivity index (χ4n) is 3.50. The standard InChI is InChI=1S/C21H23FN2O2/c1-23-13-15-5-4-12-24(14-15)21(26)19-7-3-2-6-18(19)20(25)16-8-10-17(22)11-9-16/h2-3,6-11,15,23H,4-5,12-14H2,1H3. The summed E-state index contributed by atoms with van der Waals surface area (Å²) in [5.41, 5.74) is 1.14. The van der Waals surface area contributed by atoms with Crippen molar-refractivity contribution in [3.8, 4) is 0 Å². The highest BCUT2D eigenvalue weighted by molar-refractivity contribution is 6.15. The van der Waals surface area contributed by atoms with Gasteiger partial charge in [-0.3, -0.25) is 9.59 Å². The lowest BCUT2D eigenvalue weighted by atomic mass is 9.94. The second kappa shape index (κ2) is 8.23. The third-order valence-corrected chi connectivity index (χ3v) is 4.81. The molecule has 1 N–H and O–H groups in total. The van der Waals surface area contributed by atoms with Crippen LogP contribution >= 0.6 is 0 Å². The molecule has 1 amide bonds. The largest absolute Gasteiger partial charge is 0.338 e. The Morgan fingerprint density at radius 3 is 2.50 bits per heavy atom. The van der Waals surface area contributed by atoms with E-state index in [4.69, 9.17) is 0 Å². The van der Waals surface area contributed by atoms with Gasteiger partial charge in [0.15, 0.2) is 5.78 Å². The molecule has 1 heterocycles. The molecule has 5 heteroatoms. The number of carbonyl (C=O) groups is 2. The number of nitrogens with one attached hydrogen (secondary N) is 1. The minimum Gasteiger partial charge on any atom is -0.338 e. The van der Waals surface area contributed by atoms with E-state index in [1.165, 1.54) is 24.3 Å². The molecule has 2 aromatic rings. The zero-order valence-corrected chi connectivity index (χ0v) is 14.9. The third kappa shape index (κ3) is 3.99. The minimum absolute atomic E-state index is 0.114. The lowest BCUT2D eigenvalue weighted by Crippen LogP contribution is -2.42. The van der Waals surface area contributed by atoms with Crippen LogP contribution < -0.4 is 5.32 Å². The Morgan fingerprint density at radius 2 is 1.81 bits per heavy atom. The van der Waals surface area contributed by atoms with Crippen molar-refractivity contribution >= 4 is 11.7 Å². The van der Waals surface area contributed by atoms with Crippen LogP contribution in [0.4, 0.5) is 4.39 Å². The molecule has 1 aliphatic heterocycles. The van der Waals surface area contributed by atoms with E-state index in [0.717, 1.165) is 19.4 Å². The number of benzene rings is 2. The highest BCUT2D eigenvalue weighted by Crippen LogP contribution is 2.21. The molecule has 4 nitrogen and oxygen atoms in total. The average molecular weight is 354 g/mol. The van der Waals surface area contributed by atoms with E-state index in [-0.39, 0.29) is 11.7 Å². The van der Waals surface area contributed by atoms with Gasteiger partial charge in [-0.1, -0.05) is 18.2 Å². The molecule has 1 unspecified atom stereocenters. The Bertz CT molecular complexity index is 787. The molecular weight excluding hydrogens is 331 g/mol. The first-order chi connectivity index (χ1) is 12.6. The van der Waals surface area contributed by atoms with Crippen LogP contribution in [0.15, 0.2) is 48.5 Å². The zero-order valence-electron chi connectivity index (χ0n) is 14.9. The highest BCUT2D eigenvalue weighted by Gasteiger charge is 2.27. The molecule has 3 rings (SSSR count). The van der Waals surface area contributed by atoms with E-state index >= 15 is 0 Å². The van der Waals surface area contributed by atoms with Gasteiger partial charge in [0.2, 0.25) is 0 Å². The molecule has 0 radical (unpaired) electrons. The van der Waals surface area contributed by atoms with Crippen LogP contribution in [0.2, 0.25) is 0 Å². The van der Waals surface area contributed by atoms with E-state index in [1.807, 2.05) is 11.9 Å².